The summed E-state index contributed by atoms with van der Waals surface area (Å²) in [6.45, 7) is 5.94. The lowest BCUT2D eigenvalue weighted by molar-refractivity contribution is 0.0930. The second-order valence-corrected chi connectivity index (χ2v) is 3.87. The normalized spacial score (nSPS) is 12.6. The Labute approximate surface area is 88.7 Å². The summed E-state index contributed by atoms with van der Waals surface area (Å²) in [6.07, 6.45) is 1.28. The van der Waals surface area contributed by atoms with Crippen LogP contribution < -0.4 is 5.32 Å². The number of carbonyl (C=O) groups excluding carboxylic acids is 1. The molecule has 1 aromatic heterocycles. The molecule has 82 valence electrons. The maximum atomic E-state index is 12.7. The van der Waals surface area contributed by atoms with E-state index in [-0.39, 0.29) is 11.9 Å². The highest BCUT2D eigenvalue weighted by atomic mass is 19.1. The number of hydrogen-bond acceptors (Lipinski definition) is 2. The molecule has 0 spiro atoms. The molecule has 0 radical (unpaired) electrons. The molecule has 1 atom stereocenters. The average molecular weight is 210 g/mol. The van der Waals surface area contributed by atoms with Gasteiger partial charge in [0, 0.05) is 23.9 Å². The Hall–Kier alpha value is -1.45. The van der Waals surface area contributed by atoms with E-state index in [9.17, 15) is 9.18 Å². The van der Waals surface area contributed by atoms with Crippen LogP contribution in [0.5, 0.6) is 0 Å². The molecule has 0 fully saturated rings. The van der Waals surface area contributed by atoms with Crippen LogP contribution in [-0.2, 0) is 0 Å². The minimum absolute atomic E-state index is 0.0636. The maximum Gasteiger partial charge on any atom is 0.251 e. The third-order valence-electron chi connectivity index (χ3n) is 2.35. The van der Waals surface area contributed by atoms with Gasteiger partial charge in [-0.3, -0.25) is 4.79 Å². The molecule has 0 saturated carbocycles. The first-order valence-electron chi connectivity index (χ1n) is 4.93. The van der Waals surface area contributed by atoms with Crippen LogP contribution in [0.4, 0.5) is 4.39 Å². The summed E-state index contributed by atoms with van der Waals surface area (Å²) in [7, 11) is 0. The molecule has 1 rings (SSSR count). The highest BCUT2D eigenvalue weighted by molar-refractivity contribution is 5.94. The van der Waals surface area contributed by atoms with E-state index in [1.54, 1.807) is 0 Å². The summed E-state index contributed by atoms with van der Waals surface area (Å²) >= 11 is 0. The smallest absolute Gasteiger partial charge is 0.251 e. The molecule has 0 bridgehead atoms. The summed E-state index contributed by atoms with van der Waals surface area (Å²) in [5, 5.41) is 2.79. The number of halogens is 1. The third kappa shape index (κ3) is 3.31. The molecule has 0 aromatic carbocycles. The van der Waals surface area contributed by atoms with Crippen molar-refractivity contribution in [3.63, 3.8) is 0 Å². The van der Waals surface area contributed by atoms with Crippen LogP contribution in [-0.4, -0.2) is 16.9 Å². The molecule has 1 heterocycles. The Balaban J connectivity index is 2.69. The van der Waals surface area contributed by atoms with Gasteiger partial charge >= 0.3 is 0 Å². The van der Waals surface area contributed by atoms with Crippen LogP contribution in [0.3, 0.4) is 0 Å². The summed E-state index contributed by atoms with van der Waals surface area (Å²) in [6, 6.07) is 2.68. The number of nitrogens with one attached hydrogen (secondary N) is 1. The van der Waals surface area contributed by atoms with Gasteiger partial charge in [-0.2, -0.15) is 4.39 Å². The van der Waals surface area contributed by atoms with E-state index in [0.717, 1.165) is 6.07 Å². The molecule has 4 heteroatoms. The van der Waals surface area contributed by atoms with Gasteiger partial charge in [0.05, 0.1) is 0 Å². The van der Waals surface area contributed by atoms with Gasteiger partial charge in [0.2, 0.25) is 5.95 Å². The standard InChI is InChI=1S/C11H15FN2O/c1-7(2)8(3)14-11(15)9-4-5-13-10(12)6-9/h4-8H,1-3H3,(H,14,15)/t8-/m0/s1. The van der Waals surface area contributed by atoms with Gasteiger partial charge in [0.25, 0.3) is 5.91 Å². The minimum Gasteiger partial charge on any atom is -0.349 e. The SMILES string of the molecule is CC(C)[C@H](C)NC(=O)c1ccnc(F)c1. The zero-order chi connectivity index (χ0) is 11.4. The Morgan fingerprint density at radius 2 is 2.13 bits per heavy atom. The van der Waals surface area contributed by atoms with Crippen LogP contribution in [0.1, 0.15) is 31.1 Å². The second-order valence-electron chi connectivity index (χ2n) is 3.87. The molecule has 0 aliphatic heterocycles. The number of rotatable bonds is 3. The number of carbonyl (C=O) groups is 1. The predicted molar refractivity (Wildman–Crippen MR) is 56.0 cm³/mol. The van der Waals surface area contributed by atoms with Crippen LogP contribution in [0.25, 0.3) is 0 Å². The van der Waals surface area contributed by atoms with E-state index >= 15 is 0 Å². The fourth-order valence-electron chi connectivity index (χ4n) is 1.00. The van der Waals surface area contributed by atoms with Gasteiger partial charge < -0.3 is 5.32 Å². The molecule has 15 heavy (non-hydrogen) atoms. The number of amides is 1. The van der Waals surface area contributed by atoms with Gasteiger partial charge in [0.15, 0.2) is 0 Å². The van der Waals surface area contributed by atoms with Crippen molar-refractivity contribution in [1.82, 2.24) is 10.3 Å². The molecule has 1 aromatic rings. The Bertz CT molecular complexity index is 352. The molecule has 1 N–H and O–H groups in total. The van der Waals surface area contributed by atoms with Crippen LogP contribution >= 0.6 is 0 Å². The molecule has 0 aliphatic rings. The summed E-state index contributed by atoms with van der Waals surface area (Å²) in [4.78, 5) is 15.0. The lowest BCUT2D eigenvalue weighted by Crippen LogP contribution is -2.36. The summed E-state index contributed by atoms with van der Waals surface area (Å²) in [5.74, 6) is -0.557. The van der Waals surface area contributed by atoms with E-state index < -0.39 is 5.95 Å². The van der Waals surface area contributed by atoms with E-state index in [0.29, 0.717) is 11.5 Å². The Morgan fingerprint density at radius 1 is 1.47 bits per heavy atom. The van der Waals surface area contributed by atoms with Crippen molar-refractivity contribution in [2.24, 2.45) is 5.92 Å². The van der Waals surface area contributed by atoms with Gasteiger partial charge in [0.1, 0.15) is 0 Å². The van der Waals surface area contributed by atoms with Crippen molar-refractivity contribution in [3.8, 4) is 0 Å². The highest BCUT2D eigenvalue weighted by Gasteiger charge is 2.12. The molecular formula is C11H15FN2O. The highest BCUT2D eigenvalue weighted by Crippen LogP contribution is 2.04. The third-order valence-corrected chi connectivity index (χ3v) is 2.35. The van der Waals surface area contributed by atoms with Crippen molar-refractivity contribution in [1.29, 1.82) is 0 Å². The fraction of sp³-hybridized carbons (Fsp3) is 0.455. The van der Waals surface area contributed by atoms with Crippen LogP contribution in [0, 0.1) is 11.9 Å². The van der Waals surface area contributed by atoms with Crippen molar-refractivity contribution in [2.75, 3.05) is 0 Å². The van der Waals surface area contributed by atoms with E-state index in [4.69, 9.17) is 0 Å². The second kappa shape index (κ2) is 4.87. The first-order valence-corrected chi connectivity index (χ1v) is 4.93. The summed E-state index contributed by atoms with van der Waals surface area (Å²) < 4.78 is 12.7. The Kier molecular flexibility index (Phi) is 3.77. The van der Waals surface area contributed by atoms with E-state index in [1.807, 2.05) is 20.8 Å². The number of hydrogen-bond donors (Lipinski definition) is 1. The zero-order valence-electron chi connectivity index (χ0n) is 9.12. The van der Waals surface area contributed by atoms with Gasteiger partial charge in [-0.15, -0.1) is 0 Å². The van der Waals surface area contributed by atoms with Gasteiger partial charge in [-0.1, -0.05) is 13.8 Å². The zero-order valence-corrected chi connectivity index (χ0v) is 9.12. The maximum absolute atomic E-state index is 12.7. The van der Waals surface area contributed by atoms with E-state index in [1.165, 1.54) is 12.3 Å². The molecule has 0 aliphatic carbocycles. The van der Waals surface area contributed by atoms with Crippen LogP contribution in [0.15, 0.2) is 18.3 Å². The lowest BCUT2D eigenvalue weighted by atomic mass is 10.1. The quantitative estimate of drug-likeness (QED) is 0.775. The molecule has 1 amide bonds. The lowest BCUT2D eigenvalue weighted by Gasteiger charge is -2.17. The predicted octanol–water partition coefficient (Wildman–Crippen LogP) is 2.00. The summed E-state index contributed by atoms with van der Waals surface area (Å²) in [5.41, 5.74) is 0.301. The van der Waals surface area contributed by atoms with Crippen molar-refractivity contribution >= 4 is 5.91 Å². The van der Waals surface area contributed by atoms with Gasteiger partial charge in [-0.25, -0.2) is 4.98 Å². The monoisotopic (exact) mass is 210 g/mol. The van der Waals surface area contributed by atoms with Crippen molar-refractivity contribution in [2.45, 2.75) is 26.8 Å². The van der Waals surface area contributed by atoms with Crippen LogP contribution in [0.2, 0.25) is 0 Å². The molecule has 0 unspecified atom stereocenters. The first kappa shape index (κ1) is 11.6. The van der Waals surface area contributed by atoms with E-state index in [2.05, 4.69) is 10.3 Å². The fourth-order valence-corrected chi connectivity index (χ4v) is 1.00. The van der Waals surface area contributed by atoms with Crippen molar-refractivity contribution in [3.05, 3.63) is 29.8 Å². The molecule has 0 saturated heterocycles. The van der Waals surface area contributed by atoms with Crippen molar-refractivity contribution < 1.29 is 9.18 Å². The largest absolute Gasteiger partial charge is 0.349 e. The Morgan fingerprint density at radius 3 is 2.67 bits per heavy atom. The molecular weight excluding hydrogens is 195 g/mol. The first-order chi connectivity index (χ1) is 7.00. The minimum atomic E-state index is -0.639. The number of nitrogens with zero attached hydrogens (tertiary/aromatic N) is 1. The number of pyridine rings is 1. The number of aromatic nitrogens is 1. The van der Waals surface area contributed by atoms with Gasteiger partial charge in [-0.05, 0) is 18.9 Å². The molecule has 3 nitrogen and oxygen atoms in total. The topological polar surface area (TPSA) is 42.0 Å². The average Bonchev–Trinajstić information content (AvgIpc) is 2.17.